The highest BCUT2D eigenvalue weighted by Gasteiger charge is 2.23. The zero-order chi connectivity index (χ0) is 23.0. The average Bonchev–Trinajstić information content (AvgIpc) is 2.88. The number of benzene rings is 2. The molecule has 0 radical (unpaired) electrons. The Kier molecular flexibility index (Phi) is 7.51. The number of nitrogens with zero attached hydrogens (tertiary/aromatic N) is 4. The molecule has 1 fully saturated rings. The molecule has 0 bridgehead atoms. The highest BCUT2D eigenvalue weighted by molar-refractivity contribution is 8.00. The number of nitrogens with one attached hydrogen (secondary N) is 1. The molecule has 4 rings (SSSR count). The number of aromatic nitrogens is 2. The zero-order valence-electron chi connectivity index (χ0n) is 18.7. The maximum absolute atomic E-state index is 12.4. The topological polar surface area (TPSA) is 79.8 Å². The summed E-state index contributed by atoms with van der Waals surface area (Å²) in [5.74, 6) is 2.60. The quantitative estimate of drug-likeness (QED) is 0.506. The fraction of sp³-hybridized carbons (Fsp3) is 0.292. The summed E-state index contributed by atoms with van der Waals surface area (Å²) in [7, 11) is 3.31. The lowest BCUT2D eigenvalue weighted by Crippen LogP contribution is -2.47. The third kappa shape index (κ3) is 5.67. The van der Waals surface area contributed by atoms with Crippen molar-refractivity contribution < 1.29 is 14.3 Å². The minimum absolute atomic E-state index is 0.0947. The van der Waals surface area contributed by atoms with Gasteiger partial charge in [-0.05, 0) is 36.4 Å². The van der Waals surface area contributed by atoms with Gasteiger partial charge in [-0.3, -0.25) is 4.79 Å². The van der Waals surface area contributed by atoms with E-state index >= 15 is 0 Å². The van der Waals surface area contributed by atoms with Gasteiger partial charge >= 0.3 is 0 Å². The van der Waals surface area contributed by atoms with Crippen LogP contribution < -0.4 is 24.6 Å². The maximum Gasteiger partial charge on any atom is 0.234 e. The Morgan fingerprint density at radius 3 is 2.36 bits per heavy atom. The van der Waals surface area contributed by atoms with Crippen molar-refractivity contribution in [3.05, 3.63) is 60.9 Å². The van der Waals surface area contributed by atoms with E-state index in [-0.39, 0.29) is 11.7 Å². The number of rotatable bonds is 8. The van der Waals surface area contributed by atoms with Gasteiger partial charge in [-0.25, -0.2) is 9.97 Å². The molecule has 1 amide bonds. The number of hydrogen-bond donors (Lipinski definition) is 1. The molecule has 2 aromatic carbocycles. The SMILES string of the molecule is COc1ccc(NC(=O)CSc2nccnc2N2CCN(c3ccccc3OC)CC2)cc1. The van der Waals surface area contributed by atoms with Crippen molar-refractivity contribution in [3.8, 4) is 11.5 Å². The molecule has 8 nitrogen and oxygen atoms in total. The first kappa shape index (κ1) is 22.7. The van der Waals surface area contributed by atoms with Crippen molar-refractivity contribution in [1.82, 2.24) is 9.97 Å². The van der Waals surface area contributed by atoms with Gasteiger partial charge in [0.15, 0.2) is 5.82 Å². The summed E-state index contributed by atoms with van der Waals surface area (Å²) in [5.41, 5.74) is 1.83. The number of methoxy groups -OCH3 is 2. The normalized spacial score (nSPS) is 13.5. The van der Waals surface area contributed by atoms with Crippen LogP contribution in [0.15, 0.2) is 66.0 Å². The summed E-state index contributed by atoms with van der Waals surface area (Å²) >= 11 is 1.39. The standard InChI is InChI=1S/C24H27N5O3S/c1-31-19-9-7-18(8-10-19)27-22(30)17-33-24-23(25-11-12-26-24)29-15-13-28(14-16-29)20-5-3-4-6-21(20)32-2/h3-12H,13-17H2,1-2H3,(H,27,30). The van der Waals surface area contributed by atoms with Crippen molar-refractivity contribution in [3.63, 3.8) is 0 Å². The van der Waals surface area contributed by atoms with Crippen molar-refractivity contribution in [1.29, 1.82) is 0 Å². The molecule has 0 saturated carbocycles. The van der Waals surface area contributed by atoms with Crippen LogP contribution >= 0.6 is 11.8 Å². The Balaban J connectivity index is 1.35. The average molecular weight is 466 g/mol. The van der Waals surface area contributed by atoms with Crippen molar-refractivity contribution >= 4 is 34.9 Å². The van der Waals surface area contributed by atoms with Gasteiger partial charge in [0, 0.05) is 44.3 Å². The van der Waals surface area contributed by atoms with Crippen molar-refractivity contribution in [2.45, 2.75) is 5.03 Å². The van der Waals surface area contributed by atoms with Gasteiger partial charge in [-0.2, -0.15) is 0 Å². The van der Waals surface area contributed by atoms with E-state index in [0.717, 1.165) is 59.9 Å². The Morgan fingerprint density at radius 1 is 0.939 bits per heavy atom. The van der Waals surface area contributed by atoms with Crippen LogP contribution in [-0.4, -0.2) is 62.0 Å². The minimum atomic E-state index is -0.0947. The third-order valence-electron chi connectivity index (χ3n) is 5.37. The number of anilines is 3. The molecule has 2 heterocycles. The molecule has 1 aliphatic rings. The smallest absolute Gasteiger partial charge is 0.234 e. The molecular weight excluding hydrogens is 438 g/mol. The van der Waals surface area contributed by atoms with Crippen LogP contribution in [-0.2, 0) is 4.79 Å². The van der Waals surface area contributed by atoms with Crippen LogP contribution in [0.25, 0.3) is 0 Å². The second-order valence-electron chi connectivity index (χ2n) is 7.40. The number of thioether (sulfide) groups is 1. The molecule has 9 heteroatoms. The van der Waals surface area contributed by atoms with Crippen LogP contribution in [0, 0.1) is 0 Å². The zero-order valence-corrected chi connectivity index (χ0v) is 19.5. The maximum atomic E-state index is 12.4. The lowest BCUT2D eigenvalue weighted by molar-refractivity contribution is -0.113. The molecule has 0 atom stereocenters. The Morgan fingerprint density at radius 2 is 1.64 bits per heavy atom. The number of carbonyl (C=O) groups excluding carboxylic acids is 1. The Hall–Kier alpha value is -3.46. The van der Waals surface area contributed by atoms with E-state index in [0.29, 0.717) is 0 Å². The van der Waals surface area contributed by atoms with Crippen molar-refractivity contribution in [2.24, 2.45) is 0 Å². The highest BCUT2D eigenvalue weighted by atomic mass is 32.2. The molecule has 1 aromatic heterocycles. The van der Waals surface area contributed by atoms with Crippen LogP contribution in [0.3, 0.4) is 0 Å². The molecule has 33 heavy (non-hydrogen) atoms. The largest absolute Gasteiger partial charge is 0.497 e. The monoisotopic (exact) mass is 465 g/mol. The van der Waals surface area contributed by atoms with E-state index in [1.807, 2.05) is 42.5 Å². The number of piperazine rings is 1. The number of amides is 1. The molecule has 3 aromatic rings. The number of hydrogen-bond acceptors (Lipinski definition) is 8. The molecule has 0 unspecified atom stereocenters. The van der Waals surface area contributed by atoms with Crippen LogP contribution in [0.2, 0.25) is 0 Å². The second kappa shape index (κ2) is 10.9. The minimum Gasteiger partial charge on any atom is -0.497 e. The van der Waals surface area contributed by atoms with Crippen LogP contribution in [0.1, 0.15) is 0 Å². The fourth-order valence-electron chi connectivity index (χ4n) is 3.69. The summed E-state index contributed by atoms with van der Waals surface area (Å²) in [6, 6.07) is 15.3. The van der Waals surface area contributed by atoms with E-state index in [4.69, 9.17) is 9.47 Å². The van der Waals surface area contributed by atoms with E-state index in [1.165, 1.54) is 11.8 Å². The van der Waals surface area contributed by atoms with E-state index in [1.54, 1.807) is 26.6 Å². The molecule has 0 spiro atoms. The van der Waals surface area contributed by atoms with Crippen LogP contribution in [0.4, 0.5) is 17.2 Å². The fourth-order valence-corrected chi connectivity index (χ4v) is 4.48. The van der Waals surface area contributed by atoms with Crippen molar-refractivity contribution in [2.75, 3.05) is 61.3 Å². The van der Waals surface area contributed by atoms with Crippen LogP contribution in [0.5, 0.6) is 11.5 Å². The summed E-state index contributed by atoms with van der Waals surface area (Å²) in [4.78, 5) is 26.0. The summed E-state index contributed by atoms with van der Waals surface area (Å²) in [6.45, 7) is 3.31. The predicted octanol–water partition coefficient (Wildman–Crippen LogP) is 3.55. The number of para-hydroxylation sites is 2. The van der Waals surface area contributed by atoms with Gasteiger partial charge in [0.05, 0.1) is 25.7 Å². The van der Waals surface area contributed by atoms with Gasteiger partial charge in [0.25, 0.3) is 0 Å². The lowest BCUT2D eigenvalue weighted by Gasteiger charge is -2.37. The Labute approximate surface area is 197 Å². The number of carbonyl (C=O) groups is 1. The second-order valence-corrected chi connectivity index (χ2v) is 8.36. The van der Waals surface area contributed by atoms with E-state index in [9.17, 15) is 4.79 Å². The first-order valence-electron chi connectivity index (χ1n) is 10.7. The molecule has 1 saturated heterocycles. The number of ether oxygens (including phenoxy) is 2. The lowest BCUT2D eigenvalue weighted by atomic mass is 10.2. The Bertz CT molecular complexity index is 1070. The summed E-state index contributed by atoms with van der Waals surface area (Å²) in [5, 5.41) is 3.66. The van der Waals surface area contributed by atoms with Gasteiger partial charge in [-0.15, -0.1) is 0 Å². The molecule has 172 valence electrons. The highest BCUT2D eigenvalue weighted by Crippen LogP contribution is 2.31. The summed E-state index contributed by atoms with van der Waals surface area (Å²) < 4.78 is 10.7. The predicted molar refractivity (Wildman–Crippen MR) is 132 cm³/mol. The molecule has 1 aliphatic heterocycles. The van der Waals surface area contributed by atoms with E-state index in [2.05, 4.69) is 31.2 Å². The van der Waals surface area contributed by atoms with Gasteiger partial charge in [0.1, 0.15) is 16.5 Å². The molecular formula is C24H27N5O3S. The van der Waals surface area contributed by atoms with Gasteiger partial charge < -0.3 is 24.6 Å². The third-order valence-corrected chi connectivity index (χ3v) is 6.33. The molecule has 1 N–H and O–H groups in total. The first-order valence-corrected chi connectivity index (χ1v) is 11.7. The van der Waals surface area contributed by atoms with Gasteiger partial charge in [0.2, 0.25) is 5.91 Å². The van der Waals surface area contributed by atoms with Gasteiger partial charge in [-0.1, -0.05) is 23.9 Å². The molecule has 0 aliphatic carbocycles. The first-order chi connectivity index (χ1) is 16.2. The summed E-state index contributed by atoms with van der Waals surface area (Å²) in [6.07, 6.45) is 3.36. The van der Waals surface area contributed by atoms with E-state index < -0.39 is 0 Å².